The van der Waals surface area contributed by atoms with Crippen molar-refractivity contribution in [3.05, 3.63) is 65.6 Å². The van der Waals surface area contributed by atoms with Crippen LogP contribution in [0.5, 0.6) is 0 Å². The summed E-state index contributed by atoms with van der Waals surface area (Å²) in [6, 6.07) is 11.4. The Morgan fingerprint density at radius 3 is 2.75 bits per heavy atom. The largest absolute Gasteiger partial charge is 0.399 e. The quantitative estimate of drug-likeness (QED) is 0.638. The van der Waals surface area contributed by atoms with E-state index in [-0.39, 0.29) is 11.9 Å². The molecule has 1 saturated heterocycles. The molecule has 2 aliphatic heterocycles. The molecule has 1 atom stereocenters. The number of nitrogens with zero attached hydrogens (tertiary/aromatic N) is 5. The molecule has 0 unspecified atom stereocenters. The number of anilines is 2. The third kappa shape index (κ3) is 3.89. The second-order valence-corrected chi connectivity index (χ2v) is 8.25. The smallest absolute Gasteiger partial charge is 0.255 e. The normalized spacial score (nSPS) is 18.3. The number of aromatic nitrogens is 3. The summed E-state index contributed by atoms with van der Waals surface area (Å²) in [7, 11) is 0. The molecule has 8 heteroatoms. The summed E-state index contributed by atoms with van der Waals surface area (Å²) in [5, 5.41) is 0. The van der Waals surface area contributed by atoms with Crippen molar-refractivity contribution < 1.29 is 9.53 Å². The number of benzene rings is 1. The molecule has 0 spiro atoms. The lowest BCUT2D eigenvalue weighted by atomic mass is 10.0. The lowest BCUT2D eigenvalue weighted by molar-refractivity contribution is 0.0731. The number of hydrogen-bond acceptors (Lipinski definition) is 7. The second-order valence-electron chi connectivity index (χ2n) is 8.25. The number of carbonyl (C=O) groups excluding carboxylic acids is 1. The van der Waals surface area contributed by atoms with Crippen LogP contribution in [0.15, 0.2) is 48.8 Å². The van der Waals surface area contributed by atoms with Crippen LogP contribution in [0.1, 0.15) is 28.5 Å². The molecule has 1 fully saturated rings. The molecule has 3 aromatic rings. The predicted octanol–water partition coefficient (Wildman–Crippen LogP) is 2.54. The standard InChI is InChI=1S/C24H26N6O2/c1-16-15-32-12-11-30(16)23-20-8-10-29(24(31)18-3-2-9-26-13-18)14-21(20)27-22(28-23)17-4-6-19(25)7-5-17/h2-7,9,13,16H,8,10-12,14-15,25H2,1H3/t16-/m0/s1. The van der Waals surface area contributed by atoms with E-state index in [1.54, 1.807) is 24.5 Å². The third-order valence-corrected chi connectivity index (χ3v) is 6.05. The minimum Gasteiger partial charge on any atom is -0.399 e. The van der Waals surface area contributed by atoms with Gasteiger partial charge in [0, 0.05) is 42.3 Å². The van der Waals surface area contributed by atoms with Gasteiger partial charge in [-0.25, -0.2) is 9.97 Å². The Balaban J connectivity index is 1.55. The van der Waals surface area contributed by atoms with Crippen LogP contribution < -0.4 is 10.6 Å². The number of nitrogen functional groups attached to an aromatic ring is 1. The van der Waals surface area contributed by atoms with E-state index in [9.17, 15) is 4.79 Å². The van der Waals surface area contributed by atoms with Gasteiger partial charge in [-0.2, -0.15) is 0 Å². The highest BCUT2D eigenvalue weighted by Crippen LogP contribution is 2.32. The molecule has 0 radical (unpaired) electrons. The summed E-state index contributed by atoms with van der Waals surface area (Å²) in [5.41, 5.74) is 10.1. The summed E-state index contributed by atoms with van der Waals surface area (Å²) < 4.78 is 5.65. The molecular formula is C24H26N6O2. The first-order chi connectivity index (χ1) is 15.6. The highest BCUT2D eigenvalue weighted by atomic mass is 16.5. The van der Waals surface area contributed by atoms with Gasteiger partial charge in [0.1, 0.15) is 5.82 Å². The Kier molecular flexibility index (Phi) is 5.45. The van der Waals surface area contributed by atoms with E-state index in [4.69, 9.17) is 20.4 Å². The van der Waals surface area contributed by atoms with Crippen LogP contribution in [0.4, 0.5) is 11.5 Å². The summed E-state index contributed by atoms with van der Waals surface area (Å²) in [4.78, 5) is 31.2. The molecule has 2 N–H and O–H groups in total. The predicted molar refractivity (Wildman–Crippen MR) is 122 cm³/mol. The maximum absolute atomic E-state index is 13.0. The van der Waals surface area contributed by atoms with Crippen LogP contribution in [0.25, 0.3) is 11.4 Å². The van der Waals surface area contributed by atoms with Crippen molar-refractivity contribution in [2.24, 2.45) is 0 Å². The van der Waals surface area contributed by atoms with E-state index in [0.29, 0.717) is 49.8 Å². The van der Waals surface area contributed by atoms with Gasteiger partial charge in [-0.05, 0) is 49.7 Å². The van der Waals surface area contributed by atoms with Crippen molar-refractivity contribution in [2.45, 2.75) is 25.9 Å². The average Bonchev–Trinajstić information content (AvgIpc) is 2.84. The minimum absolute atomic E-state index is 0.0299. The summed E-state index contributed by atoms with van der Waals surface area (Å²) >= 11 is 0. The van der Waals surface area contributed by atoms with E-state index >= 15 is 0 Å². The van der Waals surface area contributed by atoms with Gasteiger partial charge in [-0.1, -0.05) is 0 Å². The van der Waals surface area contributed by atoms with Gasteiger partial charge >= 0.3 is 0 Å². The van der Waals surface area contributed by atoms with E-state index in [2.05, 4.69) is 16.8 Å². The Morgan fingerprint density at radius 1 is 1.16 bits per heavy atom. The van der Waals surface area contributed by atoms with Crippen molar-refractivity contribution in [1.29, 1.82) is 0 Å². The molecule has 2 aromatic heterocycles. The number of rotatable bonds is 3. The van der Waals surface area contributed by atoms with E-state index in [0.717, 1.165) is 29.2 Å². The van der Waals surface area contributed by atoms with Crippen LogP contribution in [0.3, 0.4) is 0 Å². The molecule has 164 valence electrons. The third-order valence-electron chi connectivity index (χ3n) is 6.05. The van der Waals surface area contributed by atoms with Crippen LogP contribution in [-0.2, 0) is 17.7 Å². The van der Waals surface area contributed by atoms with Crippen LogP contribution in [0.2, 0.25) is 0 Å². The van der Waals surface area contributed by atoms with Crippen molar-refractivity contribution in [3.63, 3.8) is 0 Å². The number of nitrogens with two attached hydrogens (primary N) is 1. The first-order valence-electron chi connectivity index (χ1n) is 10.9. The van der Waals surface area contributed by atoms with Crippen LogP contribution in [0, 0.1) is 0 Å². The van der Waals surface area contributed by atoms with Crippen LogP contribution in [-0.4, -0.2) is 58.1 Å². The second kappa shape index (κ2) is 8.55. The van der Waals surface area contributed by atoms with Gasteiger partial charge in [-0.15, -0.1) is 0 Å². The highest BCUT2D eigenvalue weighted by molar-refractivity contribution is 5.94. The number of ether oxygens (including phenoxy) is 1. The molecule has 2 aliphatic rings. The van der Waals surface area contributed by atoms with Crippen molar-refractivity contribution in [1.82, 2.24) is 19.9 Å². The van der Waals surface area contributed by atoms with E-state index in [1.165, 1.54) is 0 Å². The number of hydrogen-bond donors (Lipinski definition) is 1. The maximum atomic E-state index is 13.0. The number of fused-ring (bicyclic) bond motifs is 1. The first-order valence-corrected chi connectivity index (χ1v) is 10.9. The highest BCUT2D eigenvalue weighted by Gasteiger charge is 2.30. The lowest BCUT2D eigenvalue weighted by Crippen LogP contribution is -2.45. The average molecular weight is 431 g/mol. The van der Waals surface area contributed by atoms with Crippen LogP contribution >= 0.6 is 0 Å². The lowest BCUT2D eigenvalue weighted by Gasteiger charge is -2.37. The molecule has 8 nitrogen and oxygen atoms in total. The van der Waals surface area contributed by atoms with Gasteiger partial charge in [-0.3, -0.25) is 9.78 Å². The van der Waals surface area contributed by atoms with Gasteiger partial charge in [0.15, 0.2) is 5.82 Å². The molecule has 0 aliphatic carbocycles. The zero-order valence-electron chi connectivity index (χ0n) is 18.1. The van der Waals surface area contributed by atoms with E-state index < -0.39 is 0 Å². The molecule has 1 aromatic carbocycles. The molecular weight excluding hydrogens is 404 g/mol. The van der Waals surface area contributed by atoms with Crippen molar-refractivity contribution in [3.8, 4) is 11.4 Å². The summed E-state index contributed by atoms with van der Waals surface area (Å²) in [5.74, 6) is 1.57. The molecule has 5 rings (SSSR count). The number of pyridine rings is 1. The zero-order valence-corrected chi connectivity index (χ0v) is 18.1. The molecule has 0 saturated carbocycles. The summed E-state index contributed by atoms with van der Waals surface area (Å²) in [6.07, 6.45) is 3.99. The fourth-order valence-corrected chi connectivity index (χ4v) is 4.30. The Labute approximate surface area is 187 Å². The van der Waals surface area contributed by atoms with E-state index in [1.807, 2.05) is 29.2 Å². The Morgan fingerprint density at radius 2 is 2.00 bits per heavy atom. The van der Waals surface area contributed by atoms with Crippen molar-refractivity contribution >= 4 is 17.4 Å². The summed E-state index contributed by atoms with van der Waals surface area (Å²) in [6.45, 7) is 5.34. The van der Waals surface area contributed by atoms with Gasteiger partial charge in [0.05, 0.1) is 37.1 Å². The fourth-order valence-electron chi connectivity index (χ4n) is 4.30. The molecule has 4 heterocycles. The number of amides is 1. The fraction of sp³-hybridized carbons (Fsp3) is 0.333. The first kappa shape index (κ1) is 20.4. The minimum atomic E-state index is -0.0299. The molecule has 1 amide bonds. The van der Waals surface area contributed by atoms with Gasteiger partial charge < -0.3 is 20.3 Å². The Hall–Kier alpha value is -3.52. The van der Waals surface area contributed by atoms with Gasteiger partial charge in [0.25, 0.3) is 5.91 Å². The number of carbonyl (C=O) groups is 1. The topological polar surface area (TPSA) is 97.5 Å². The number of morpholine rings is 1. The SMILES string of the molecule is C[C@H]1COCCN1c1nc(-c2ccc(N)cc2)nc2c1CCN(C(=O)c1cccnc1)C2. The molecule has 0 bridgehead atoms. The zero-order chi connectivity index (χ0) is 22.1. The van der Waals surface area contributed by atoms with Crippen molar-refractivity contribution in [2.75, 3.05) is 36.9 Å². The van der Waals surface area contributed by atoms with Gasteiger partial charge in [0.2, 0.25) is 0 Å². The molecule has 32 heavy (non-hydrogen) atoms. The monoisotopic (exact) mass is 430 g/mol. The Bertz CT molecular complexity index is 1120. The maximum Gasteiger partial charge on any atom is 0.255 e.